The van der Waals surface area contributed by atoms with Crippen molar-refractivity contribution in [1.82, 2.24) is 13.9 Å². The normalized spacial score (nSPS) is 17.1. The Morgan fingerprint density at radius 1 is 0.976 bits per heavy atom. The fourth-order valence-corrected chi connectivity index (χ4v) is 7.61. The first-order chi connectivity index (χ1) is 20.2. The lowest BCUT2D eigenvalue weighted by Gasteiger charge is -2.36. The van der Waals surface area contributed by atoms with Gasteiger partial charge in [-0.1, -0.05) is 48.6 Å². The Kier molecular flexibility index (Phi) is 7.61. The smallest absolute Gasteiger partial charge is 0.244 e. The molecule has 0 spiro atoms. The van der Waals surface area contributed by atoms with E-state index in [1.54, 1.807) is 12.4 Å². The van der Waals surface area contributed by atoms with Gasteiger partial charge in [-0.05, 0) is 74.2 Å². The standard InChI is InChI=1S/C34H38N4O3S/c1-25-18-29(19-26(2)32(25)37-16-14-36(3)15-17-37)30-20-31-28(10-13-34(24-39)11-7-12-34)22-38(33(31)35-21-30)42(40,41)23-27-8-5-4-6-9-27/h4-6,8-9,18-22,39H,7,11-12,14-17,23-24H2,1-3H3. The molecule has 1 N–H and O–H groups in total. The number of piperazine rings is 1. The van der Waals surface area contributed by atoms with E-state index in [1.165, 1.54) is 20.8 Å². The zero-order valence-electron chi connectivity index (χ0n) is 24.6. The average Bonchev–Trinajstić information content (AvgIpc) is 3.33. The highest BCUT2D eigenvalue weighted by atomic mass is 32.2. The molecule has 218 valence electrons. The minimum Gasteiger partial charge on any atom is -0.395 e. The van der Waals surface area contributed by atoms with E-state index in [9.17, 15) is 13.5 Å². The van der Waals surface area contributed by atoms with Crippen LogP contribution < -0.4 is 4.90 Å². The van der Waals surface area contributed by atoms with Crippen LogP contribution in [0.3, 0.4) is 0 Å². The van der Waals surface area contributed by atoms with Crippen LogP contribution in [0.25, 0.3) is 22.2 Å². The predicted molar refractivity (Wildman–Crippen MR) is 169 cm³/mol. The molecule has 1 aliphatic carbocycles. The quantitative estimate of drug-likeness (QED) is 0.324. The van der Waals surface area contributed by atoms with Crippen molar-refractivity contribution in [3.63, 3.8) is 0 Å². The van der Waals surface area contributed by atoms with E-state index in [-0.39, 0.29) is 12.4 Å². The maximum Gasteiger partial charge on any atom is 0.244 e. The molecular weight excluding hydrogens is 544 g/mol. The van der Waals surface area contributed by atoms with Crippen LogP contribution in [0.5, 0.6) is 0 Å². The second-order valence-electron chi connectivity index (χ2n) is 12.0. The predicted octanol–water partition coefficient (Wildman–Crippen LogP) is 4.96. The summed E-state index contributed by atoms with van der Waals surface area (Å²) in [5.74, 6) is 6.40. The molecule has 2 aromatic heterocycles. The van der Waals surface area contributed by atoms with Crippen molar-refractivity contribution >= 4 is 26.7 Å². The monoisotopic (exact) mass is 582 g/mol. The van der Waals surface area contributed by atoms with E-state index in [0.717, 1.165) is 56.6 Å². The molecule has 0 radical (unpaired) electrons. The van der Waals surface area contributed by atoms with Crippen LogP contribution in [0.1, 0.15) is 41.5 Å². The molecule has 2 aromatic carbocycles. The van der Waals surface area contributed by atoms with E-state index >= 15 is 0 Å². The summed E-state index contributed by atoms with van der Waals surface area (Å²) in [5.41, 5.74) is 6.97. The number of anilines is 1. The zero-order chi connectivity index (χ0) is 29.5. The minimum absolute atomic E-state index is 0.00660. The van der Waals surface area contributed by atoms with Crippen LogP contribution >= 0.6 is 0 Å². The lowest BCUT2D eigenvalue weighted by Crippen LogP contribution is -2.45. The number of likely N-dealkylation sites (N-methyl/N-ethyl adjacent to an activating group) is 1. The van der Waals surface area contributed by atoms with Crippen LogP contribution in [-0.4, -0.2) is 67.2 Å². The van der Waals surface area contributed by atoms with Gasteiger partial charge in [0.2, 0.25) is 10.0 Å². The summed E-state index contributed by atoms with van der Waals surface area (Å²) >= 11 is 0. The first-order valence-corrected chi connectivity index (χ1v) is 16.3. The molecule has 8 heteroatoms. The summed E-state index contributed by atoms with van der Waals surface area (Å²) in [7, 11) is -1.59. The Bertz CT molecular complexity index is 1760. The molecule has 42 heavy (non-hydrogen) atoms. The Morgan fingerprint density at radius 3 is 2.29 bits per heavy atom. The van der Waals surface area contributed by atoms with Gasteiger partial charge in [0.25, 0.3) is 0 Å². The fraction of sp³-hybridized carbons (Fsp3) is 0.382. The number of fused-ring (bicyclic) bond motifs is 1. The van der Waals surface area contributed by atoms with Crippen molar-refractivity contribution in [2.45, 2.75) is 38.9 Å². The maximum atomic E-state index is 13.6. The molecule has 0 amide bonds. The van der Waals surface area contributed by atoms with Crippen molar-refractivity contribution in [2.24, 2.45) is 5.41 Å². The second-order valence-corrected chi connectivity index (χ2v) is 13.8. The summed E-state index contributed by atoms with van der Waals surface area (Å²) in [4.78, 5) is 9.54. The van der Waals surface area contributed by atoms with Crippen LogP contribution in [0.4, 0.5) is 5.69 Å². The van der Waals surface area contributed by atoms with E-state index in [0.29, 0.717) is 22.2 Å². The second kappa shape index (κ2) is 11.2. The van der Waals surface area contributed by atoms with Crippen LogP contribution in [-0.2, 0) is 15.8 Å². The van der Waals surface area contributed by atoms with Crippen molar-refractivity contribution in [3.8, 4) is 23.0 Å². The molecule has 2 fully saturated rings. The number of rotatable bonds is 6. The summed E-state index contributed by atoms with van der Waals surface area (Å²) < 4.78 is 28.5. The third-order valence-corrected chi connectivity index (χ3v) is 10.4. The fourth-order valence-electron chi connectivity index (χ4n) is 6.18. The highest BCUT2D eigenvalue weighted by Crippen LogP contribution is 2.40. The Balaban J connectivity index is 1.43. The van der Waals surface area contributed by atoms with Crippen molar-refractivity contribution in [3.05, 3.63) is 83.2 Å². The molecule has 3 heterocycles. The van der Waals surface area contributed by atoms with Crippen molar-refractivity contribution in [2.75, 3.05) is 44.7 Å². The zero-order valence-corrected chi connectivity index (χ0v) is 25.4. The summed E-state index contributed by atoms with van der Waals surface area (Å²) in [6.07, 6.45) is 6.10. The number of aromatic nitrogens is 2. The Morgan fingerprint density at radius 2 is 1.67 bits per heavy atom. The number of benzene rings is 2. The van der Waals surface area contributed by atoms with Gasteiger partial charge in [0.15, 0.2) is 5.65 Å². The van der Waals surface area contributed by atoms with E-state index in [1.807, 2.05) is 36.4 Å². The number of nitrogens with zero attached hydrogens (tertiary/aromatic N) is 4. The summed E-state index contributed by atoms with van der Waals surface area (Å²) in [6.45, 7) is 8.44. The number of aryl methyl sites for hydroxylation is 2. The minimum atomic E-state index is -3.75. The van der Waals surface area contributed by atoms with E-state index < -0.39 is 15.4 Å². The van der Waals surface area contributed by atoms with Crippen molar-refractivity contribution < 1.29 is 13.5 Å². The lowest BCUT2D eigenvalue weighted by atomic mass is 9.70. The lowest BCUT2D eigenvalue weighted by molar-refractivity contribution is 0.102. The average molecular weight is 583 g/mol. The van der Waals surface area contributed by atoms with Gasteiger partial charge >= 0.3 is 0 Å². The molecule has 0 atom stereocenters. The molecule has 0 unspecified atom stereocenters. The molecule has 4 aromatic rings. The van der Waals surface area contributed by atoms with Crippen LogP contribution in [0, 0.1) is 31.1 Å². The molecular formula is C34H38N4O3S. The number of hydrogen-bond acceptors (Lipinski definition) is 6. The summed E-state index contributed by atoms with van der Waals surface area (Å²) in [6, 6.07) is 15.6. The third kappa shape index (κ3) is 5.45. The summed E-state index contributed by atoms with van der Waals surface area (Å²) in [5, 5.41) is 10.7. The van der Waals surface area contributed by atoms with Crippen molar-refractivity contribution in [1.29, 1.82) is 0 Å². The molecule has 1 aliphatic heterocycles. The topological polar surface area (TPSA) is 78.7 Å². The number of pyridine rings is 1. The highest BCUT2D eigenvalue weighted by molar-refractivity contribution is 7.89. The van der Waals surface area contributed by atoms with Gasteiger partial charge in [-0.3, -0.25) is 0 Å². The van der Waals surface area contributed by atoms with Gasteiger partial charge in [0, 0.05) is 55.2 Å². The third-order valence-electron chi connectivity index (χ3n) is 8.82. The molecule has 2 aliphatic rings. The van der Waals surface area contributed by atoms with Crippen LogP contribution in [0.15, 0.2) is 60.9 Å². The molecule has 1 saturated heterocycles. The molecule has 1 saturated carbocycles. The first kappa shape index (κ1) is 28.5. The van der Waals surface area contributed by atoms with Gasteiger partial charge in [0.05, 0.1) is 23.3 Å². The first-order valence-electron chi connectivity index (χ1n) is 14.7. The van der Waals surface area contributed by atoms with Gasteiger partial charge in [-0.15, -0.1) is 0 Å². The van der Waals surface area contributed by atoms with Gasteiger partial charge in [0.1, 0.15) is 0 Å². The largest absolute Gasteiger partial charge is 0.395 e. The number of aliphatic hydroxyl groups is 1. The Hall–Kier alpha value is -3.64. The van der Waals surface area contributed by atoms with Gasteiger partial charge in [-0.2, -0.15) is 0 Å². The maximum absolute atomic E-state index is 13.6. The van der Waals surface area contributed by atoms with Gasteiger partial charge in [-0.25, -0.2) is 17.4 Å². The number of aliphatic hydroxyl groups excluding tert-OH is 1. The highest BCUT2D eigenvalue weighted by Gasteiger charge is 2.34. The van der Waals surface area contributed by atoms with E-state index in [4.69, 9.17) is 4.98 Å². The molecule has 7 nitrogen and oxygen atoms in total. The SMILES string of the molecule is Cc1cc(-c2cnc3c(c2)c(C#CC2(CO)CCC2)cn3S(=O)(=O)Cc2ccccc2)cc(C)c1N1CCN(C)CC1. The molecule has 0 bridgehead atoms. The van der Waals surface area contributed by atoms with Gasteiger partial charge < -0.3 is 14.9 Å². The Labute approximate surface area is 248 Å². The van der Waals surface area contributed by atoms with E-state index in [2.05, 4.69) is 54.7 Å². The van der Waals surface area contributed by atoms with Crippen LogP contribution in [0.2, 0.25) is 0 Å². The number of hydrogen-bond donors (Lipinski definition) is 1. The molecule has 6 rings (SSSR count).